The third-order valence-electron chi connectivity index (χ3n) is 2.31. The highest BCUT2D eigenvalue weighted by Crippen LogP contribution is 2.36. The third kappa shape index (κ3) is 1.41. The summed E-state index contributed by atoms with van der Waals surface area (Å²) < 4.78 is 5.52. The highest BCUT2D eigenvalue weighted by Gasteiger charge is 2.18. The van der Waals surface area contributed by atoms with Gasteiger partial charge in [0.1, 0.15) is 18.0 Å². The molecule has 0 aromatic heterocycles. The van der Waals surface area contributed by atoms with Crippen LogP contribution in [0.15, 0.2) is 30.9 Å². The lowest BCUT2D eigenvalue weighted by molar-refractivity contribution is 0.310. The zero-order chi connectivity index (χ0) is 9.97. The standard InChI is InChI=1S/C11H14N2O/c1-2-6-13-7-8-14-10-5-3-4-9(12)11(10)13/h2-5H,1,6-8,12H2. The minimum absolute atomic E-state index is 0.713. The van der Waals surface area contributed by atoms with Crippen LogP contribution in [-0.2, 0) is 0 Å². The van der Waals surface area contributed by atoms with Crippen molar-refractivity contribution in [2.24, 2.45) is 0 Å². The lowest BCUT2D eigenvalue weighted by atomic mass is 10.2. The van der Waals surface area contributed by atoms with Crippen molar-refractivity contribution >= 4 is 11.4 Å². The van der Waals surface area contributed by atoms with E-state index in [1.54, 1.807) is 0 Å². The molecule has 1 aliphatic heterocycles. The number of fused-ring (bicyclic) bond motifs is 1. The molecule has 0 radical (unpaired) electrons. The summed E-state index contributed by atoms with van der Waals surface area (Å²) in [5.74, 6) is 0.873. The molecule has 0 saturated carbocycles. The van der Waals surface area contributed by atoms with Gasteiger partial charge in [-0.2, -0.15) is 0 Å². The molecule has 74 valence electrons. The van der Waals surface area contributed by atoms with Crippen LogP contribution in [0.1, 0.15) is 0 Å². The smallest absolute Gasteiger partial charge is 0.144 e. The van der Waals surface area contributed by atoms with E-state index in [0.29, 0.717) is 6.61 Å². The molecule has 1 aromatic carbocycles. The van der Waals surface area contributed by atoms with E-state index in [1.165, 1.54) is 0 Å². The summed E-state index contributed by atoms with van der Waals surface area (Å²) in [5, 5.41) is 0. The summed E-state index contributed by atoms with van der Waals surface area (Å²) in [6.07, 6.45) is 1.88. The van der Waals surface area contributed by atoms with Gasteiger partial charge in [0, 0.05) is 6.54 Å². The lowest BCUT2D eigenvalue weighted by Crippen LogP contribution is -2.33. The zero-order valence-electron chi connectivity index (χ0n) is 8.07. The van der Waals surface area contributed by atoms with Crippen LogP contribution in [0.25, 0.3) is 0 Å². The fraction of sp³-hybridized carbons (Fsp3) is 0.273. The molecule has 0 fully saturated rings. The number of anilines is 2. The molecule has 0 aliphatic carbocycles. The molecule has 1 aliphatic rings. The summed E-state index contributed by atoms with van der Waals surface area (Å²) in [6.45, 7) is 6.13. The first-order valence-electron chi connectivity index (χ1n) is 4.70. The molecule has 1 heterocycles. The van der Waals surface area contributed by atoms with Crippen molar-refractivity contribution in [3.63, 3.8) is 0 Å². The van der Waals surface area contributed by atoms with Crippen molar-refractivity contribution in [2.75, 3.05) is 30.3 Å². The maximum atomic E-state index is 5.91. The predicted molar refractivity (Wildman–Crippen MR) is 58.8 cm³/mol. The van der Waals surface area contributed by atoms with Crippen molar-refractivity contribution < 1.29 is 4.74 Å². The van der Waals surface area contributed by atoms with E-state index in [-0.39, 0.29) is 0 Å². The number of nitrogen functional groups attached to an aromatic ring is 1. The van der Waals surface area contributed by atoms with Crippen molar-refractivity contribution in [3.8, 4) is 5.75 Å². The van der Waals surface area contributed by atoms with Gasteiger partial charge in [-0.1, -0.05) is 12.1 Å². The summed E-state index contributed by atoms with van der Waals surface area (Å²) >= 11 is 0. The van der Waals surface area contributed by atoms with Crippen molar-refractivity contribution in [1.29, 1.82) is 0 Å². The molecule has 0 amide bonds. The largest absolute Gasteiger partial charge is 0.489 e. The average molecular weight is 190 g/mol. The molecule has 0 atom stereocenters. The predicted octanol–water partition coefficient (Wildman–Crippen LogP) is 1.65. The Morgan fingerprint density at radius 2 is 2.43 bits per heavy atom. The van der Waals surface area contributed by atoms with Crippen LogP contribution in [-0.4, -0.2) is 19.7 Å². The Bertz CT molecular complexity index is 349. The molecule has 1 aromatic rings. The fourth-order valence-electron chi connectivity index (χ4n) is 1.71. The van der Waals surface area contributed by atoms with E-state index in [2.05, 4.69) is 11.5 Å². The van der Waals surface area contributed by atoms with E-state index in [1.807, 2.05) is 24.3 Å². The summed E-state index contributed by atoms with van der Waals surface area (Å²) in [7, 11) is 0. The number of hydrogen-bond acceptors (Lipinski definition) is 3. The van der Waals surface area contributed by atoms with Crippen LogP contribution in [0.2, 0.25) is 0 Å². The second-order valence-electron chi connectivity index (χ2n) is 3.28. The van der Waals surface area contributed by atoms with Crippen LogP contribution in [0, 0.1) is 0 Å². The Morgan fingerprint density at radius 1 is 1.57 bits per heavy atom. The second kappa shape index (κ2) is 3.62. The molecule has 2 rings (SSSR count). The Kier molecular flexibility index (Phi) is 2.31. The van der Waals surface area contributed by atoms with Gasteiger partial charge in [0.25, 0.3) is 0 Å². The fourth-order valence-corrected chi connectivity index (χ4v) is 1.71. The number of rotatable bonds is 2. The SMILES string of the molecule is C=CCN1CCOc2cccc(N)c21. The van der Waals surface area contributed by atoms with Crippen LogP contribution in [0.4, 0.5) is 11.4 Å². The molecule has 3 nitrogen and oxygen atoms in total. The van der Waals surface area contributed by atoms with Gasteiger partial charge >= 0.3 is 0 Å². The van der Waals surface area contributed by atoms with Gasteiger partial charge < -0.3 is 15.4 Å². The summed E-state index contributed by atoms with van der Waals surface area (Å²) in [5.41, 5.74) is 7.67. The van der Waals surface area contributed by atoms with Crippen molar-refractivity contribution in [3.05, 3.63) is 30.9 Å². The lowest BCUT2D eigenvalue weighted by Gasteiger charge is -2.31. The van der Waals surface area contributed by atoms with Gasteiger partial charge in [-0.3, -0.25) is 0 Å². The zero-order valence-corrected chi connectivity index (χ0v) is 8.07. The Labute approximate surface area is 83.8 Å². The van der Waals surface area contributed by atoms with Gasteiger partial charge in [-0.25, -0.2) is 0 Å². The molecule has 3 heteroatoms. The second-order valence-corrected chi connectivity index (χ2v) is 3.28. The minimum Gasteiger partial charge on any atom is -0.489 e. The summed E-state index contributed by atoms with van der Waals surface area (Å²) in [4.78, 5) is 2.18. The normalized spacial score (nSPS) is 14.4. The van der Waals surface area contributed by atoms with Crippen LogP contribution < -0.4 is 15.4 Å². The first-order valence-corrected chi connectivity index (χ1v) is 4.70. The highest BCUT2D eigenvalue weighted by atomic mass is 16.5. The number of benzene rings is 1. The average Bonchev–Trinajstić information content (AvgIpc) is 2.19. The molecule has 0 unspecified atom stereocenters. The number of hydrogen-bond donors (Lipinski definition) is 1. The van der Waals surface area contributed by atoms with Gasteiger partial charge in [0.2, 0.25) is 0 Å². The topological polar surface area (TPSA) is 38.5 Å². The van der Waals surface area contributed by atoms with Gasteiger partial charge in [-0.15, -0.1) is 6.58 Å². The monoisotopic (exact) mass is 190 g/mol. The highest BCUT2D eigenvalue weighted by molar-refractivity contribution is 5.75. The number of nitrogens with zero attached hydrogens (tertiary/aromatic N) is 1. The molecule has 0 bridgehead atoms. The quantitative estimate of drug-likeness (QED) is 0.569. The van der Waals surface area contributed by atoms with Crippen LogP contribution >= 0.6 is 0 Å². The molecule has 2 N–H and O–H groups in total. The van der Waals surface area contributed by atoms with Crippen molar-refractivity contribution in [1.82, 2.24) is 0 Å². The number of para-hydroxylation sites is 1. The molecule has 0 spiro atoms. The number of nitrogens with two attached hydrogens (primary N) is 1. The molecular formula is C11H14N2O. The van der Waals surface area contributed by atoms with E-state index < -0.39 is 0 Å². The van der Waals surface area contributed by atoms with Crippen molar-refractivity contribution in [2.45, 2.75) is 0 Å². The maximum absolute atomic E-state index is 5.91. The van der Waals surface area contributed by atoms with Crippen LogP contribution in [0.3, 0.4) is 0 Å². The Morgan fingerprint density at radius 3 is 3.21 bits per heavy atom. The number of ether oxygens (including phenoxy) is 1. The Hall–Kier alpha value is -1.64. The van der Waals surface area contributed by atoms with E-state index in [9.17, 15) is 0 Å². The van der Waals surface area contributed by atoms with Crippen LogP contribution in [0.5, 0.6) is 5.75 Å². The van der Waals surface area contributed by atoms with E-state index >= 15 is 0 Å². The first kappa shape index (κ1) is 8.94. The summed E-state index contributed by atoms with van der Waals surface area (Å²) in [6, 6.07) is 5.75. The molecule has 14 heavy (non-hydrogen) atoms. The Balaban J connectivity index is 2.41. The first-order chi connectivity index (χ1) is 6.83. The molecule has 0 saturated heterocycles. The van der Waals surface area contributed by atoms with Gasteiger partial charge in [-0.05, 0) is 12.1 Å². The van der Waals surface area contributed by atoms with Gasteiger partial charge in [0.05, 0.1) is 12.2 Å². The molecular weight excluding hydrogens is 176 g/mol. The minimum atomic E-state index is 0.713. The van der Waals surface area contributed by atoms with E-state index in [0.717, 1.165) is 30.2 Å². The van der Waals surface area contributed by atoms with Gasteiger partial charge in [0.15, 0.2) is 0 Å². The third-order valence-corrected chi connectivity index (χ3v) is 2.31. The maximum Gasteiger partial charge on any atom is 0.144 e. The van der Waals surface area contributed by atoms with E-state index in [4.69, 9.17) is 10.5 Å².